The number of hydrogen-bond donors (Lipinski definition) is 0. The molecular weight excluding hydrogens is 349 g/mol. The molecule has 0 N–H and O–H groups in total. The standard InChI is InChI=1S/C20H18FN3O3/c1-13-9-15(7-8-17(13)21)24-11-14(10-19(24)25)20-22-18(23-27-20)12-26-16-5-3-2-4-6-16/h2-9,14H,10-12H2,1H3. The maximum absolute atomic E-state index is 13.5. The fraction of sp³-hybridized carbons (Fsp3) is 0.250. The second-order valence-corrected chi connectivity index (χ2v) is 6.49. The second kappa shape index (κ2) is 7.19. The van der Waals surface area contributed by atoms with Crippen molar-refractivity contribution in [2.45, 2.75) is 25.9 Å². The maximum atomic E-state index is 13.5. The second-order valence-electron chi connectivity index (χ2n) is 6.49. The molecular formula is C20H18FN3O3. The number of anilines is 1. The summed E-state index contributed by atoms with van der Waals surface area (Å²) in [6.45, 7) is 2.29. The zero-order valence-corrected chi connectivity index (χ0v) is 14.8. The molecule has 1 aliphatic heterocycles. The van der Waals surface area contributed by atoms with E-state index in [1.807, 2.05) is 30.3 Å². The molecule has 1 fully saturated rings. The number of halogens is 1. The first kappa shape index (κ1) is 17.2. The SMILES string of the molecule is Cc1cc(N2CC(c3nc(COc4ccccc4)no3)CC2=O)ccc1F. The average molecular weight is 367 g/mol. The van der Waals surface area contributed by atoms with Crippen molar-refractivity contribution >= 4 is 11.6 Å². The number of aryl methyl sites for hydroxylation is 1. The largest absolute Gasteiger partial charge is 0.485 e. The Morgan fingerprint density at radius 2 is 2.07 bits per heavy atom. The van der Waals surface area contributed by atoms with Crippen molar-refractivity contribution < 1.29 is 18.4 Å². The van der Waals surface area contributed by atoms with E-state index in [4.69, 9.17) is 9.26 Å². The third-order valence-corrected chi connectivity index (χ3v) is 4.52. The van der Waals surface area contributed by atoms with E-state index in [0.717, 1.165) is 5.75 Å². The van der Waals surface area contributed by atoms with Gasteiger partial charge in [-0.25, -0.2) is 4.39 Å². The van der Waals surface area contributed by atoms with Gasteiger partial charge in [0.15, 0.2) is 6.61 Å². The molecule has 0 bridgehead atoms. The molecule has 0 spiro atoms. The van der Waals surface area contributed by atoms with Gasteiger partial charge in [0.2, 0.25) is 17.6 Å². The third kappa shape index (κ3) is 3.67. The minimum absolute atomic E-state index is 0.0497. The highest BCUT2D eigenvalue weighted by Crippen LogP contribution is 2.31. The van der Waals surface area contributed by atoms with Crippen LogP contribution in [-0.2, 0) is 11.4 Å². The van der Waals surface area contributed by atoms with Crippen LogP contribution in [0.4, 0.5) is 10.1 Å². The Labute approximate surface area is 155 Å². The third-order valence-electron chi connectivity index (χ3n) is 4.52. The van der Waals surface area contributed by atoms with Crippen molar-refractivity contribution in [1.29, 1.82) is 0 Å². The van der Waals surface area contributed by atoms with Crippen molar-refractivity contribution in [3.63, 3.8) is 0 Å². The zero-order chi connectivity index (χ0) is 18.8. The first-order valence-electron chi connectivity index (χ1n) is 8.67. The van der Waals surface area contributed by atoms with Gasteiger partial charge in [0.05, 0.1) is 5.92 Å². The maximum Gasteiger partial charge on any atom is 0.232 e. The number of carbonyl (C=O) groups excluding carboxylic acids is 1. The summed E-state index contributed by atoms with van der Waals surface area (Å²) in [7, 11) is 0. The first-order valence-corrected chi connectivity index (χ1v) is 8.67. The van der Waals surface area contributed by atoms with Gasteiger partial charge in [-0.05, 0) is 42.8 Å². The molecule has 1 atom stereocenters. The van der Waals surface area contributed by atoms with Crippen molar-refractivity contribution in [3.8, 4) is 5.75 Å². The number of nitrogens with zero attached hydrogens (tertiary/aromatic N) is 3. The van der Waals surface area contributed by atoms with Gasteiger partial charge in [0, 0.05) is 18.7 Å². The number of rotatable bonds is 5. The molecule has 1 aliphatic rings. The molecule has 1 amide bonds. The van der Waals surface area contributed by atoms with Crippen LogP contribution in [-0.4, -0.2) is 22.6 Å². The molecule has 0 radical (unpaired) electrons. The summed E-state index contributed by atoms with van der Waals surface area (Å²) in [5.41, 5.74) is 1.18. The van der Waals surface area contributed by atoms with E-state index in [1.54, 1.807) is 24.0 Å². The van der Waals surface area contributed by atoms with E-state index < -0.39 is 0 Å². The van der Waals surface area contributed by atoms with Crippen molar-refractivity contribution in [2.75, 3.05) is 11.4 Å². The van der Waals surface area contributed by atoms with E-state index in [9.17, 15) is 9.18 Å². The molecule has 0 aliphatic carbocycles. The Kier molecular flexibility index (Phi) is 4.58. The van der Waals surface area contributed by atoms with Crippen LogP contribution in [0, 0.1) is 12.7 Å². The summed E-state index contributed by atoms with van der Waals surface area (Å²) in [6, 6.07) is 14.0. The lowest BCUT2D eigenvalue weighted by Gasteiger charge is -2.16. The van der Waals surface area contributed by atoms with E-state index >= 15 is 0 Å². The summed E-state index contributed by atoms with van der Waals surface area (Å²) in [4.78, 5) is 18.4. The molecule has 6 nitrogen and oxygen atoms in total. The quantitative estimate of drug-likeness (QED) is 0.689. The van der Waals surface area contributed by atoms with Gasteiger partial charge in [0.25, 0.3) is 0 Å². The molecule has 2 heterocycles. The molecule has 2 aromatic carbocycles. The highest BCUT2D eigenvalue weighted by molar-refractivity contribution is 5.96. The van der Waals surface area contributed by atoms with Gasteiger partial charge in [0.1, 0.15) is 11.6 Å². The van der Waals surface area contributed by atoms with Crippen molar-refractivity contribution in [1.82, 2.24) is 10.1 Å². The van der Waals surface area contributed by atoms with E-state index in [-0.39, 0.29) is 30.7 Å². The number of hydrogen-bond acceptors (Lipinski definition) is 5. The molecule has 1 aromatic heterocycles. The molecule has 1 unspecified atom stereocenters. The topological polar surface area (TPSA) is 68.5 Å². The van der Waals surface area contributed by atoms with Gasteiger partial charge >= 0.3 is 0 Å². The van der Waals surface area contributed by atoms with Gasteiger partial charge in [-0.1, -0.05) is 23.4 Å². The van der Waals surface area contributed by atoms with Crippen LogP contribution in [0.2, 0.25) is 0 Å². The Balaban J connectivity index is 1.43. The number of ether oxygens (including phenoxy) is 1. The minimum atomic E-state index is -0.290. The first-order chi connectivity index (χ1) is 13.1. The van der Waals surface area contributed by atoms with Gasteiger partial charge in [-0.2, -0.15) is 4.98 Å². The number of amides is 1. The highest BCUT2D eigenvalue weighted by Gasteiger charge is 2.35. The van der Waals surface area contributed by atoms with Gasteiger partial charge in [-0.15, -0.1) is 0 Å². The van der Waals surface area contributed by atoms with Crippen LogP contribution in [0.3, 0.4) is 0 Å². The lowest BCUT2D eigenvalue weighted by atomic mass is 10.1. The molecule has 27 heavy (non-hydrogen) atoms. The number of carbonyl (C=O) groups is 1. The summed E-state index contributed by atoms with van der Waals surface area (Å²) >= 11 is 0. The Hall–Kier alpha value is -3.22. The normalized spacial score (nSPS) is 16.7. The monoisotopic (exact) mass is 367 g/mol. The van der Waals surface area contributed by atoms with E-state index in [2.05, 4.69) is 10.1 Å². The van der Waals surface area contributed by atoms with Crippen LogP contribution < -0.4 is 9.64 Å². The zero-order valence-electron chi connectivity index (χ0n) is 14.8. The van der Waals surface area contributed by atoms with Crippen molar-refractivity contribution in [3.05, 3.63) is 71.6 Å². The van der Waals surface area contributed by atoms with E-state index in [0.29, 0.717) is 29.5 Å². The van der Waals surface area contributed by atoms with Crippen molar-refractivity contribution in [2.24, 2.45) is 0 Å². The highest BCUT2D eigenvalue weighted by atomic mass is 19.1. The van der Waals surface area contributed by atoms with Gasteiger partial charge < -0.3 is 14.2 Å². The molecule has 1 saturated heterocycles. The van der Waals surface area contributed by atoms with Gasteiger partial charge in [-0.3, -0.25) is 4.79 Å². The molecule has 7 heteroatoms. The van der Waals surface area contributed by atoms with Crippen LogP contribution in [0.5, 0.6) is 5.75 Å². The van der Waals surface area contributed by atoms with Crippen LogP contribution in [0.1, 0.15) is 29.6 Å². The summed E-state index contributed by atoms with van der Waals surface area (Å²) in [6.07, 6.45) is 0.275. The smallest absolute Gasteiger partial charge is 0.232 e. The van der Waals surface area contributed by atoms with Crippen LogP contribution in [0.15, 0.2) is 53.1 Å². The number of para-hydroxylation sites is 1. The van der Waals surface area contributed by atoms with Crippen LogP contribution >= 0.6 is 0 Å². The molecule has 0 saturated carbocycles. The van der Waals surface area contributed by atoms with Crippen LogP contribution in [0.25, 0.3) is 0 Å². The molecule has 138 valence electrons. The van der Waals surface area contributed by atoms with E-state index in [1.165, 1.54) is 6.07 Å². The number of benzene rings is 2. The lowest BCUT2D eigenvalue weighted by Crippen LogP contribution is -2.24. The summed E-state index contributed by atoms with van der Waals surface area (Å²) in [5.74, 6) is 1.03. The molecule has 3 aromatic rings. The minimum Gasteiger partial charge on any atom is -0.485 e. The summed E-state index contributed by atoms with van der Waals surface area (Å²) in [5, 5.41) is 3.93. The fourth-order valence-corrected chi connectivity index (χ4v) is 3.08. The predicted molar refractivity (Wildman–Crippen MR) is 95.9 cm³/mol. The average Bonchev–Trinajstić information content (AvgIpc) is 3.30. The Morgan fingerprint density at radius 1 is 1.26 bits per heavy atom. The Morgan fingerprint density at radius 3 is 2.85 bits per heavy atom. The predicted octanol–water partition coefficient (Wildman–Crippen LogP) is 3.62. The fourth-order valence-electron chi connectivity index (χ4n) is 3.08. The lowest BCUT2D eigenvalue weighted by molar-refractivity contribution is -0.117. The number of aromatic nitrogens is 2. The Bertz CT molecular complexity index is 958. The molecule has 4 rings (SSSR count). The summed E-state index contributed by atoms with van der Waals surface area (Å²) < 4.78 is 24.4.